The van der Waals surface area contributed by atoms with Crippen LogP contribution in [0, 0.1) is 5.92 Å². The summed E-state index contributed by atoms with van der Waals surface area (Å²) >= 11 is 0. The molecular formula is C17H26N2O3. The minimum absolute atomic E-state index is 0.0154. The van der Waals surface area contributed by atoms with Crippen LogP contribution in [0.4, 0.5) is 0 Å². The molecule has 0 aromatic heterocycles. The van der Waals surface area contributed by atoms with Crippen LogP contribution in [-0.4, -0.2) is 29.8 Å². The molecule has 1 aromatic rings. The van der Waals surface area contributed by atoms with Crippen molar-refractivity contribution in [1.29, 1.82) is 0 Å². The predicted molar refractivity (Wildman–Crippen MR) is 85.4 cm³/mol. The van der Waals surface area contributed by atoms with Gasteiger partial charge in [-0.1, -0.05) is 31.0 Å². The quantitative estimate of drug-likeness (QED) is 0.745. The highest BCUT2D eigenvalue weighted by atomic mass is 16.5. The number of benzene rings is 1. The van der Waals surface area contributed by atoms with Gasteiger partial charge >= 0.3 is 0 Å². The molecule has 1 aliphatic carbocycles. The second-order valence-corrected chi connectivity index (χ2v) is 6.20. The van der Waals surface area contributed by atoms with Crippen LogP contribution in [0.5, 0.6) is 5.75 Å². The number of hydrogen-bond donors (Lipinski definition) is 3. The summed E-state index contributed by atoms with van der Waals surface area (Å²) < 4.78 is 5.48. The predicted octanol–water partition coefficient (Wildman–Crippen LogP) is 1.58. The number of carbonyl (C=O) groups excluding carboxylic acids is 1. The van der Waals surface area contributed by atoms with Crippen LogP contribution in [0.3, 0.4) is 0 Å². The van der Waals surface area contributed by atoms with Gasteiger partial charge in [0.25, 0.3) is 0 Å². The molecule has 4 N–H and O–H groups in total. The number of amides is 1. The Balaban J connectivity index is 1.96. The minimum Gasteiger partial charge on any atom is -0.491 e. The van der Waals surface area contributed by atoms with Crippen molar-refractivity contribution in [3.63, 3.8) is 0 Å². The molecule has 2 unspecified atom stereocenters. The van der Waals surface area contributed by atoms with E-state index in [2.05, 4.69) is 5.32 Å². The molecule has 1 saturated carbocycles. The zero-order chi connectivity index (χ0) is 16.0. The van der Waals surface area contributed by atoms with E-state index in [1.807, 2.05) is 31.2 Å². The van der Waals surface area contributed by atoms with Gasteiger partial charge in [-0.25, -0.2) is 0 Å². The number of aliphatic hydroxyl groups is 1. The van der Waals surface area contributed by atoms with E-state index in [1.165, 1.54) is 0 Å². The molecule has 0 aliphatic heterocycles. The Hall–Kier alpha value is -1.59. The normalized spacial score (nSPS) is 24.8. The lowest BCUT2D eigenvalue weighted by atomic mass is 9.74. The fourth-order valence-electron chi connectivity index (χ4n) is 3.04. The van der Waals surface area contributed by atoms with Crippen molar-refractivity contribution >= 4 is 5.91 Å². The Morgan fingerprint density at radius 1 is 1.45 bits per heavy atom. The second kappa shape index (κ2) is 7.61. The van der Waals surface area contributed by atoms with Crippen LogP contribution >= 0.6 is 0 Å². The zero-order valence-electron chi connectivity index (χ0n) is 13.2. The molecule has 1 amide bonds. The first kappa shape index (κ1) is 16.8. The molecule has 5 nitrogen and oxygen atoms in total. The molecular weight excluding hydrogens is 280 g/mol. The number of rotatable bonds is 6. The Bertz CT molecular complexity index is 502. The summed E-state index contributed by atoms with van der Waals surface area (Å²) in [6.45, 7) is 2.59. The Morgan fingerprint density at radius 2 is 2.23 bits per heavy atom. The molecule has 2 rings (SSSR count). The van der Waals surface area contributed by atoms with Crippen molar-refractivity contribution in [3.05, 3.63) is 29.8 Å². The van der Waals surface area contributed by atoms with E-state index in [0.29, 0.717) is 12.3 Å². The first-order valence-electron chi connectivity index (χ1n) is 7.93. The Morgan fingerprint density at radius 3 is 2.95 bits per heavy atom. The van der Waals surface area contributed by atoms with E-state index < -0.39 is 5.54 Å². The highest BCUT2D eigenvalue weighted by molar-refractivity contribution is 5.80. The van der Waals surface area contributed by atoms with Crippen LogP contribution in [0.1, 0.15) is 38.2 Å². The summed E-state index contributed by atoms with van der Waals surface area (Å²) in [5.74, 6) is 0.574. The number of ether oxygens (including phenoxy) is 1. The van der Waals surface area contributed by atoms with Gasteiger partial charge in [0.05, 0.1) is 12.5 Å². The monoisotopic (exact) mass is 306 g/mol. The van der Waals surface area contributed by atoms with E-state index in [4.69, 9.17) is 15.6 Å². The summed E-state index contributed by atoms with van der Waals surface area (Å²) in [5, 5.41) is 11.8. The minimum atomic E-state index is -0.421. The molecule has 1 fully saturated rings. The average molecular weight is 306 g/mol. The maximum Gasteiger partial charge on any atom is 0.225 e. The molecule has 2 atom stereocenters. The maximum atomic E-state index is 12.4. The lowest BCUT2D eigenvalue weighted by Crippen LogP contribution is -2.52. The highest BCUT2D eigenvalue weighted by Gasteiger charge is 2.37. The fourth-order valence-corrected chi connectivity index (χ4v) is 3.04. The van der Waals surface area contributed by atoms with Gasteiger partial charge in [-0.05, 0) is 25.8 Å². The first-order chi connectivity index (χ1) is 10.5. The number of aliphatic hydroxyl groups excluding tert-OH is 1. The number of hydrogen-bond acceptors (Lipinski definition) is 4. The third-order valence-electron chi connectivity index (χ3n) is 4.35. The van der Waals surface area contributed by atoms with Crippen LogP contribution < -0.4 is 15.8 Å². The number of nitrogens with two attached hydrogens (primary N) is 1. The molecule has 0 spiro atoms. The lowest BCUT2D eigenvalue weighted by Gasteiger charge is -2.37. The van der Waals surface area contributed by atoms with Gasteiger partial charge in [-0.3, -0.25) is 4.79 Å². The van der Waals surface area contributed by atoms with Gasteiger partial charge in [0.1, 0.15) is 12.4 Å². The van der Waals surface area contributed by atoms with Gasteiger partial charge in [0.15, 0.2) is 0 Å². The van der Waals surface area contributed by atoms with Crippen LogP contribution in [0.15, 0.2) is 24.3 Å². The number of nitrogens with one attached hydrogen (secondary N) is 1. The third-order valence-corrected chi connectivity index (χ3v) is 4.35. The van der Waals surface area contributed by atoms with E-state index >= 15 is 0 Å². The molecule has 0 saturated heterocycles. The summed E-state index contributed by atoms with van der Waals surface area (Å²) in [4.78, 5) is 12.4. The standard InChI is InChI=1S/C17H26N2O3/c1-17(18)9-5-4-7-14(17)16(21)19-12-13-6-2-3-8-15(13)22-11-10-20/h2-3,6,8,14,20H,4-5,7,9-12,18H2,1H3,(H,19,21). The summed E-state index contributed by atoms with van der Waals surface area (Å²) in [5.41, 5.74) is 6.75. The summed E-state index contributed by atoms with van der Waals surface area (Å²) in [6.07, 6.45) is 3.89. The van der Waals surface area contributed by atoms with Crippen molar-refractivity contribution < 1.29 is 14.6 Å². The molecule has 1 aromatic carbocycles. The first-order valence-corrected chi connectivity index (χ1v) is 7.93. The lowest BCUT2D eigenvalue weighted by molar-refractivity contribution is -0.128. The van der Waals surface area contributed by atoms with Gasteiger partial charge in [0, 0.05) is 17.6 Å². The highest BCUT2D eigenvalue weighted by Crippen LogP contribution is 2.31. The molecule has 5 heteroatoms. The molecule has 122 valence electrons. The Labute approximate surface area is 131 Å². The Kier molecular flexibility index (Phi) is 5.80. The van der Waals surface area contributed by atoms with Crippen LogP contribution in [0.25, 0.3) is 0 Å². The van der Waals surface area contributed by atoms with Gasteiger partial charge in [-0.2, -0.15) is 0 Å². The number of para-hydroxylation sites is 1. The van der Waals surface area contributed by atoms with Gasteiger partial charge < -0.3 is 20.9 Å². The average Bonchev–Trinajstić information content (AvgIpc) is 2.51. The smallest absolute Gasteiger partial charge is 0.225 e. The molecule has 0 bridgehead atoms. The summed E-state index contributed by atoms with van der Waals surface area (Å²) in [6, 6.07) is 7.53. The van der Waals surface area contributed by atoms with Crippen molar-refractivity contribution in [2.45, 2.75) is 44.7 Å². The van der Waals surface area contributed by atoms with Crippen LogP contribution in [-0.2, 0) is 11.3 Å². The van der Waals surface area contributed by atoms with Crippen molar-refractivity contribution in [3.8, 4) is 5.75 Å². The van der Waals surface area contributed by atoms with Gasteiger partial charge in [-0.15, -0.1) is 0 Å². The van der Waals surface area contributed by atoms with E-state index in [0.717, 1.165) is 31.2 Å². The van der Waals surface area contributed by atoms with Crippen molar-refractivity contribution in [2.24, 2.45) is 11.7 Å². The third kappa shape index (κ3) is 4.21. The fraction of sp³-hybridized carbons (Fsp3) is 0.588. The van der Waals surface area contributed by atoms with E-state index in [1.54, 1.807) is 0 Å². The largest absolute Gasteiger partial charge is 0.491 e. The SMILES string of the molecule is CC1(N)CCCCC1C(=O)NCc1ccccc1OCCO. The molecule has 0 heterocycles. The zero-order valence-corrected chi connectivity index (χ0v) is 13.2. The van der Waals surface area contributed by atoms with Crippen molar-refractivity contribution in [1.82, 2.24) is 5.32 Å². The van der Waals surface area contributed by atoms with Gasteiger partial charge in [0.2, 0.25) is 5.91 Å². The van der Waals surface area contributed by atoms with E-state index in [9.17, 15) is 4.79 Å². The van der Waals surface area contributed by atoms with E-state index in [-0.39, 0.29) is 25.0 Å². The van der Waals surface area contributed by atoms with Crippen LogP contribution in [0.2, 0.25) is 0 Å². The molecule has 1 aliphatic rings. The maximum absolute atomic E-state index is 12.4. The second-order valence-electron chi connectivity index (χ2n) is 6.20. The molecule has 22 heavy (non-hydrogen) atoms. The topological polar surface area (TPSA) is 84.6 Å². The number of carbonyl (C=O) groups is 1. The van der Waals surface area contributed by atoms with Crippen molar-refractivity contribution in [2.75, 3.05) is 13.2 Å². The molecule has 0 radical (unpaired) electrons. The summed E-state index contributed by atoms with van der Waals surface area (Å²) in [7, 11) is 0.